The highest BCUT2D eigenvalue weighted by Gasteiger charge is 2.40. The zero-order valence-corrected chi connectivity index (χ0v) is 17.3. The zero-order valence-electron chi connectivity index (χ0n) is 17.3. The molecule has 2 aliphatic carbocycles. The molecule has 156 valence electrons. The van der Waals surface area contributed by atoms with Crippen molar-refractivity contribution in [3.63, 3.8) is 0 Å². The number of fused-ring (bicyclic) bond motifs is 1. The van der Waals surface area contributed by atoms with E-state index in [-0.39, 0.29) is 42.4 Å². The maximum atomic E-state index is 12.4. The normalized spacial score (nSPS) is 36.1. The van der Waals surface area contributed by atoms with E-state index >= 15 is 0 Å². The summed E-state index contributed by atoms with van der Waals surface area (Å²) in [5.74, 6) is 0.426. The van der Waals surface area contributed by atoms with Crippen molar-refractivity contribution in [1.29, 1.82) is 0 Å². The van der Waals surface area contributed by atoms with Gasteiger partial charge in [-0.2, -0.15) is 0 Å². The molecule has 0 aromatic heterocycles. The number of esters is 2. The van der Waals surface area contributed by atoms with Gasteiger partial charge < -0.3 is 14.6 Å². The minimum Gasteiger partial charge on any atom is -0.462 e. The third-order valence-electron chi connectivity index (χ3n) is 6.69. The fourth-order valence-electron chi connectivity index (χ4n) is 4.80. The van der Waals surface area contributed by atoms with Crippen LogP contribution in [0, 0.1) is 23.7 Å². The van der Waals surface area contributed by atoms with Crippen molar-refractivity contribution in [2.45, 2.75) is 84.0 Å². The topological polar surface area (TPSA) is 72.8 Å². The lowest BCUT2D eigenvalue weighted by atomic mass is 9.66. The molecule has 1 fully saturated rings. The van der Waals surface area contributed by atoms with Crippen LogP contribution in [0.15, 0.2) is 23.8 Å². The first-order valence-electron chi connectivity index (χ1n) is 10.8. The fourth-order valence-corrected chi connectivity index (χ4v) is 4.80. The molecule has 5 nitrogen and oxygen atoms in total. The summed E-state index contributed by atoms with van der Waals surface area (Å²) in [6.07, 6.45) is 10.6. The van der Waals surface area contributed by atoms with Gasteiger partial charge >= 0.3 is 11.9 Å². The molecule has 3 aliphatic rings. The first-order chi connectivity index (χ1) is 13.4. The smallest absolute Gasteiger partial charge is 0.308 e. The van der Waals surface area contributed by atoms with Crippen LogP contribution in [0.1, 0.15) is 65.7 Å². The lowest BCUT2D eigenvalue weighted by Gasteiger charge is -2.42. The van der Waals surface area contributed by atoms with Gasteiger partial charge in [-0.25, -0.2) is 0 Å². The summed E-state index contributed by atoms with van der Waals surface area (Å²) in [5, 5.41) is 9.86. The number of carbonyl (C=O) groups is 2. The number of rotatable bonds is 6. The summed E-state index contributed by atoms with van der Waals surface area (Å²) < 4.78 is 11.4. The monoisotopic (exact) mass is 390 g/mol. The summed E-state index contributed by atoms with van der Waals surface area (Å²) in [7, 11) is 0. The molecule has 0 amide bonds. The fraction of sp³-hybridized carbons (Fsp3) is 0.739. The Balaban J connectivity index is 1.70. The van der Waals surface area contributed by atoms with E-state index in [0.717, 1.165) is 32.1 Å². The Morgan fingerprint density at radius 2 is 2.18 bits per heavy atom. The maximum absolute atomic E-state index is 12.4. The van der Waals surface area contributed by atoms with Gasteiger partial charge in [0.05, 0.1) is 18.4 Å². The number of aliphatic hydroxyl groups is 1. The van der Waals surface area contributed by atoms with E-state index in [4.69, 9.17) is 9.47 Å². The second-order valence-corrected chi connectivity index (χ2v) is 8.76. The average molecular weight is 391 g/mol. The summed E-state index contributed by atoms with van der Waals surface area (Å²) in [6, 6.07) is 0. The van der Waals surface area contributed by atoms with Crippen LogP contribution in [0.5, 0.6) is 0 Å². The summed E-state index contributed by atoms with van der Waals surface area (Å²) >= 11 is 0. The largest absolute Gasteiger partial charge is 0.462 e. The van der Waals surface area contributed by atoms with Crippen LogP contribution in [0.4, 0.5) is 0 Å². The number of carbonyl (C=O) groups excluding carboxylic acids is 2. The van der Waals surface area contributed by atoms with Gasteiger partial charge in [-0.15, -0.1) is 0 Å². The van der Waals surface area contributed by atoms with Gasteiger partial charge in [0.2, 0.25) is 0 Å². The highest BCUT2D eigenvalue weighted by Crippen LogP contribution is 2.44. The van der Waals surface area contributed by atoms with Crippen LogP contribution in [-0.4, -0.2) is 35.4 Å². The summed E-state index contributed by atoms with van der Waals surface area (Å²) in [4.78, 5) is 24.1. The average Bonchev–Trinajstić information content (AvgIpc) is 2.66. The number of hydrogen-bond acceptors (Lipinski definition) is 5. The highest BCUT2D eigenvalue weighted by molar-refractivity contribution is 5.72. The second kappa shape index (κ2) is 9.25. The van der Waals surface area contributed by atoms with Crippen molar-refractivity contribution in [2.75, 3.05) is 0 Å². The van der Waals surface area contributed by atoms with Crippen molar-refractivity contribution in [3.8, 4) is 0 Å². The molecule has 0 aromatic rings. The SMILES string of the molecule is CC[C@H](C)C(=O)O[C@H]1CCC=C2C=C[C@@H](C)[C@H](CC[C@@H]3C[C@@H](O)CC(=O)O3)[C@H]21. The first-order valence-corrected chi connectivity index (χ1v) is 10.8. The third kappa shape index (κ3) is 4.86. The molecule has 1 heterocycles. The van der Waals surface area contributed by atoms with Crippen molar-refractivity contribution in [1.82, 2.24) is 0 Å². The molecule has 0 bridgehead atoms. The van der Waals surface area contributed by atoms with Gasteiger partial charge in [0.15, 0.2) is 0 Å². The Morgan fingerprint density at radius 3 is 2.89 bits per heavy atom. The Labute approximate surface area is 168 Å². The lowest BCUT2D eigenvalue weighted by molar-refractivity contribution is -0.162. The number of hydrogen-bond donors (Lipinski definition) is 1. The molecule has 5 heteroatoms. The van der Waals surface area contributed by atoms with Gasteiger partial charge in [0.25, 0.3) is 0 Å². The standard InChI is InChI=1S/C23H34O5/c1-4-14(2)23(26)28-20-7-5-6-16-9-8-15(3)19(22(16)20)11-10-18-12-17(24)13-21(25)27-18/h6,8-9,14-15,17-20,22,24H,4-5,7,10-13H2,1-3H3/t14-,15+,17+,18+,19-,20-,22-/m0/s1. The van der Waals surface area contributed by atoms with Crippen molar-refractivity contribution in [3.05, 3.63) is 23.8 Å². The zero-order chi connectivity index (χ0) is 20.3. The van der Waals surface area contributed by atoms with E-state index in [0.29, 0.717) is 18.3 Å². The van der Waals surface area contributed by atoms with E-state index in [1.54, 1.807) is 0 Å². The number of aliphatic hydroxyl groups excluding tert-OH is 1. The number of ether oxygens (including phenoxy) is 2. The van der Waals surface area contributed by atoms with Crippen LogP contribution < -0.4 is 0 Å². The maximum Gasteiger partial charge on any atom is 0.308 e. The Kier molecular flexibility index (Phi) is 6.97. The molecule has 28 heavy (non-hydrogen) atoms. The molecule has 7 atom stereocenters. The van der Waals surface area contributed by atoms with Gasteiger partial charge in [0, 0.05) is 12.3 Å². The van der Waals surface area contributed by atoms with Crippen LogP contribution in [0.2, 0.25) is 0 Å². The van der Waals surface area contributed by atoms with Crippen molar-refractivity contribution < 1.29 is 24.2 Å². The van der Waals surface area contributed by atoms with Crippen molar-refractivity contribution in [2.24, 2.45) is 23.7 Å². The lowest BCUT2D eigenvalue weighted by Crippen LogP contribution is -2.40. The molecule has 0 saturated carbocycles. The minimum absolute atomic E-state index is 0.0764. The van der Waals surface area contributed by atoms with Gasteiger partial charge in [-0.3, -0.25) is 9.59 Å². The van der Waals surface area contributed by atoms with E-state index in [9.17, 15) is 14.7 Å². The van der Waals surface area contributed by atoms with E-state index < -0.39 is 6.10 Å². The molecule has 1 aliphatic heterocycles. The van der Waals surface area contributed by atoms with E-state index in [2.05, 4.69) is 25.2 Å². The Hall–Kier alpha value is -1.62. The summed E-state index contributed by atoms with van der Waals surface area (Å²) in [6.45, 7) is 6.14. The molecular formula is C23H34O5. The molecule has 0 unspecified atom stereocenters. The second-order valence-electron chi connectivity index (χ2n) is 8.76. The van der Waals surface area contributed by atoms with Crippen LogP contribution in [0.25, 0.3) is 0 Å². The van der Waals surface area contributed by atoms with E-state index in [1.807, 2.05) is 13.8 Å². The molecule has 0 radical (unpaired) electrons. The van der Waals surface area contributed by atoms with Gasteiger partial charge in [-0.1, -0.05) is 39.0 Å². The first kappa shape index (κ1) is 21.1. The Morgan fingerprint density at radius 1 is 1.39 bits per heavy atom. The van der Waals surface area contributed by atoms with Crippen molar-refractivity contribution >= 4 is 11.9 Å². The number of allylic oxidation sites excluding steroid dienone is 3. The van der Waals surface area contributed by atoms with Crippen LogP contribution in [-0.2, 0) is 19.1 Å². The molecule has 1 saturated heterocycles. The minimum atomic E-state index is -0.593. The number of cyclic esters (lactones) is 1. The molecule has 0 spiro atoms. The highest BCUT2D eigenvalue weighted by atomic mass is 16.5. The van der Waals surface area contributed by atoms with Gasteiger partial charge in [-0.05, 0) is 49.5 Å². The van der Waals surface area contributed by atoms with Crippen LogP contribution >= 0.6 is 0 Å². The van der Waals surface area contributed by atoms with E-state index in [1.165, 1.54) is 5.57 Å². The third-order valence-corrected chi connectivity index (χ3v) is 6.69. The molecular weight excluding hydrogens is 356 g/mol. The molecule has 0 aromatic carbocycles. The van der Waals surface area contributed by atoms with Gasteiger partial charge in [0.1, 0.15) is 12.2 Å². The molecule has 3 rings (SSSR count). The predicted molar refractivity (Wildman–Crippen MR) is 106 cm³/mol. The summed E-state index contributed by atoms with van der Waals surface area (Å²) in [5.41, 5.74) is 1.27. The predicted octanol–water partition coefficient (Wildman–Crippen LogP) is 3.95. The van der Waals surface area contributed by atoms with Crippen LogP contribution in [0.3, 0.4) is 0 Å². The quantitative estimate of drug-likeness (QED) is 0.695. The Bertz CT molecular complexity index is 637. The molecule has 1 N–H and O–H groups in total.